The highest BCUT2D eigenvalue weighted by molar-refractivity contribution is 7.89. The van der Waals surface area contributed by atoms with E-state index in [1.54, 1.807) is 0 Å². The van der Waals surface area contributed by atoms with E-state index >= 15 is 0 Å². The molecule has 6 nitrogen and oxygen atoms in total. The molecule has 0 aliphatic heterocycles. The predicted octanol–water partition coefficient (Wildman–Crippen LogP) is 2.55. The molecule has 0 fully saturated rings. The number of ether oxygens (including phenoxy) is 1. The zero-order valence-corrected chi connectivity index (χ0v) is 15.7. The third kappa shape index (κ3) is 4.32. The number of halogens is 2. The van der Waals surface area contributed by atoms with Gasteiger partial charge in [-0.3, -0.25) is 4.79 Å². The molecule has 0 aliphatic rings. The maximum Gasteiger partial charge on any atom is 0.244 e. The molecule has 0 heterocycles. The second-order valence-electron chi connectivity index (χ2n) is 5.55. The predicted molar refractivity (Wildman–Crippen MR) is 95.8 cm³/mol. The Labute approximate surface area is 156 Å². The van der Waals surface area contributed by atoms with Gasteiger partial charge in [0.05, 0.1) is 12.0 Å². The number of hydrogen-bond acceptors (Lipinski definition) is 4. The molecular weight excluding hydrogens is 383 g/mol. The first kappa shape index (κ1) is 20.2. The van der Waals surface area contributed by atoms with Crippen molar-refractivity contribution >= 4 is 27.5 Å². The van der Waals surface area contributed by atoms with Crippen molar-refractivity contribution in [3.05, 3.63) is 58.9 Å². The Morgan fingerprint density at radius 3 is 2.38 bits per heavy atom. The smallest absolute Gasteiger partial charge is 0.244 e. The minimum absolute atomic E-state index is 0.0313. The van der Waals surface area contributed by atoms with Gasteiger partial charge in [0.2, 0.25) is 15.9 Å². The standard InChI is InChI=1S/C17H18ClFN2O4S/c1-11(17(20)22)21(10-12-3-8-16(25-2)15(19)9-12)26(23,24)14-6-4-13(18)5-7-14/h3-9,11H,10H2,1-2H3,(H2,20,22)/t11-/m1/s1. The van der Waals surface area contributed by atoms with Gasteiger partial charge in [-0.15, -0.1) is 0 Å². The zero-order chi connectivity index (χ0) is 19.5. The Balaban J connectivity index is 2.45. The monoisotopic (exact) mass is 400 g/mol. The Kier molecular flexibility index (Phi) is 6.22. The number of hydrogen-bond donors (Lipinski definition) is 1. The van der Waals surface area contributed by atoms with Crippen molar-refractivity contribution in [2.45, 2.75) is 24.4 Å². The number of sulfonamides is 1. The topological polar surface area (TPSA) is 89.7 Å². The van der Waals surface area contributed by atoms with Crippen molar-refractivity contribution < 1.29 is 22.3 Å². The molecule has 2 aromatic carbocycles. The minimum Gasteiger partial charge on any atom is -0.494 e. The lowest BCUT2D eigenvalue weighted by Crippen LogP contribution is -2.45. The van der Waals surface area contributed by atoms with E-state index in [2.05, 4.69) is 0 Å². The lowest BCUT2D eigenvalue weighted by molar-refractivity contribution is -0.121. The third-order valence-electron chi connectivity index (χ3n) is 3.82. The second-order valence-corrected chi connectivity index (χ2v) is 7.88. The summed E-state index contributed by atoms with van der Waals surface area (Å²) in [6.07, 6.45) is 0. The third-order valence-corrected chi connectivity index (χ3v) is 6.00. The summed E-state index contributed by atoms with van der Waals surface area (Å²) in [5.41, 5.74) is 5.65. The lowest BCUT2D eigenvalue weighted by atomic mass is 10.2. The molecule has 0 saturated heterocycles. The van der Waals surface area contributed by atoms with Gasteiger partial charge in [-0.05, 0) is 48.9 Å². The summed E-state index contributed by atoms with van der Waals surface area (Å²) < 4.78 is 45.6. The molecule has 1 amide bonds. The van der Waals surface area contributed by atoms with E-state index in [0.717, 1.165) is 10.4 Å². The summed E-state index contributed by atoms with van der Waals surface area (Å²) in [7, 11) is -2.74. The average Bonchev–Trinajstić information content (AvgIpc) is 2.59. The number of benzene rings is 2. The highest BCUT2D eigenvalue weighted by Crippen LogP contribution is 2.24. The van der Waals surface area contributed by atoms with Gasteiger partial charge in [-0.1, -0.05) is 17.7 Å². The van der Waals surface area contributed by atoms with Crippen molar-refractivity contribution in [1.29, 1.82) is 0 Å². The van der Waals surface area contributed by atoms with Gasteiger partial charge in [0, 0.05) is 11.6 Å². The summed E-state index contributed by atoms with van der Waals surface area (Å²) in [5.74, 6) is -1.43. The molecule has 2 N–H and O–H groups in total. The van der Waals surface area contributed by atoms with E-state index in [1.165, 1.54) is 50.4 Å². The Morgan fingerprint density at radius 2 is 1.88 bits per heavy atom. The summed E-state index contributed by atoms with van der Waals surface area (Å²) in [4.78, 5) is 11.6. The van der Waals surface area contributed by atoms with E-state index in [9.17, 15) is 17.6 Å². The first-order valence-electron chi connectivity index (χ1n) is 7.56. The van der Waals surface area contributed by atoms with E-state index in [-0.39, 0.29) is 17.2 Å². The fourth-order valence-electron chi connectivity index (χ4n) is 2.30. The van der Waals surface area contributed by atoms with Crippen molar-refractivity contribution in [2.75, 3.05) is 7.11 Å². The minimum atomic E-state index is -4.07. The highest BCUT2D eigenvalue weighted by Gasteiger charge is 2.32. The van der Waals surface area contributed by atoms with Gasteiger partial charge in [0.1, 0.15) is 6.04 Å². The van der Waals surface area contributed by atoms with Crippen LogP contribution in [0, 0.1) is 5.82 Å². The summed E-state index contributed by atoms with van der Waals surface area (Å²) in [6, 6.07) is 8.41. The largest absolute Gasteiger partial charge is 0.494 e. The molecule has 1 atom stereocenters. The van der Waals surface area contributed by atoms with Crippen molar-refractivity contribution in [3.8, 4) is 5.75 Å². The van der Waals surface area contributed by atoms with Crippen molar-refractivity contribution in [2.24, 2.45) is 5.73 Å². The zero-order valence-electron chi connectivity index (χ0n) is 14.1. The van der Waals surface area contributed by atoms with Gasteiger partial charge in [-0.2, -0.15) is 4.31 Å². The van der Waals surface area contributed by atoms with Crippen LogP contribution in [0.3, 0.4) is 0 Å². The average molecular weight is 401 g/mol. The molecule has 2 aromatic rings. The highest BCUT2D eigenvalue weighted by atomic mass is 35.5. The van der Waals surface area contributed by atoms with Crippen LogP contribution in [0.4, 0.5) is 4.39 Å². The van der Waals surface area contributed by atoms with Crippen LogP contribution in [-0.4, -0.2) is 31.8 Å². The van der Waals surface area contributed by atoms with E-state index in [0.29, 0.717) is 10.6 Å². The molecule has 0 aliphatic carbocycles. The van der Waals surface area contributed by atoms with Gasteiger partial charge in [0.15, 0.2) is 11.6 Å². The Hall–Kier alpha value is -2.16. The molecule has 0 unspecified atom stereocenters. The molecule has 2 rings (SSSR count). The first-order chi connectivity index (χ1) is 12.2. The van der Waals surface area contributed by atoms with Crippen molar-refractivity contribution in [1.82, 2.24) is 4.31 Å². The maximum atomic E-state index is 13.9. The molecule has 0 radical (unpaired) electrons. The number of nitrogens with two attached hydrogens (primary N) is 1. The number of amides is 1. The fraction of sp³-hybridized carbons (Fsp3) is 0.235. The first-order valence-corrected chi connectivity index (χ1v) is 9.37. The van der Waals surface area contributed by atoms with Crippen LogP contribution in [0.1, 0.15) is 12.5 Å². The molecule has 140 valence electrons. The molecule has 0 spiro atoms. The van der Waals surface area contributed by atoms with Crippen molar-refractivity contribution in [3.63, 3.8) is 0 Å². The summed E-state index contributed by atoms with van der Waals surface area (Å²) in [5, 5.41) is 0.371. The number of carbonyl (C=O) groups excluding carboxylic acids is 1. The number of rotatable bonds is 7. The van der Waals surface area contributed by atoms with Crippen LogP contribution in [0.2, 0.25) is 5.02 Å². The quantitative estimate of drug-likeness (QED) is 0.773. The van der Waals surface area contributed by atoms with Gasteiger partial charge in [0.25, 0.3) is 0 Å². The number of nitrogens with zero attached hydrogens (tertiary/aromatic N) is 1. The Bertz CT molecular complexity index is 903. The SMILES string of the molecule is COc1ccc(CN([C@H](C)C(N)=O)S(=O)(=O)c2ccc(Cl)cc2)cc1F. The van der Waals surface area contributed by atoms with Gasteiger partial charge in [-0.25, -0.2) is 12.8 Å². The van der Waals surface area contributed by atoms with E-state index in [4.69, 9.17) is 22.1 Å². The normalized spacial score (nSPS) is 12.8. The molecule has 26 heavy (non-hydrogen) atoms. The molecule has 0 aromatic heterocycles. The lowest BCUT2D eigenvalue weighted by Gasteiger charge is -2.26. The number of primary amides is 1. The summed E-state index contributed by atoms with van der Waals surface area (Å²) in [6.45, 7) is 1.13. The Morgan fingerprint density at radius 1 is 1.27 bits per heavy atom. The van der Waals surface area contributed by atoms with Gasteiger partial charge >= 0.3 is 0 Å². The van der Waals surface area contributed by atoms with Crippen LogP contribution in [0.15, 0.2) is 47.4 Å². The van der Waals surface area contributed by atoms with Crippen LogP contribution in [0.25, 0.3) is 0 Å². The summed E-state index contributed by atoms with van der Waals surface area (Å²) >= 11 is 5.79. The van der Waals surface area contributed by atoms with Crippen LogP contribution >= 0.6 is 11.6 Å². The number of methoxy groups -OCH3 is 1. The van der Waals surface area contributed by atoms with Crippen LogP contribution in [0.5, 0.6) is 5.75 Å². The fourth-order valence-corrected chi connectivity index (χ4v) is 4.02. The van der Waals surface area contributed by atoms with Crippen LogP contribution in [-0.2, 0) is 21.4 Å². The second kappa shape index (κ2) is 8.03. The molecular formula is C17H18ClFN2O4S. The maximum absolute atomic E-state index is 13.9. The number of carbonyl (C=O) groups is 1. The van der Waals surface area contributed by atoms with Gasteiger partial charge < -0.3 is 10.5 Å². The molecule has 9 heteroatoms. The molecule has 0 saturated carbocycles. The van der Waals surface area contributed by atoms with E-state index < -0.39 is 27.8 Å². The van der Waals surface area contributed by atoms with Crippen LogP contribution < -0.4 is 10.5 Å². The molecule has 0 bridgehead atoms. The van der Waals surface area contributed by atoms with E-state index in [1.807, 2.05) is 0 Å².